The van der Waals surface area contributed by atoms with Crippen LogP contribution in [0.25, 0.3) is 10.9 Å². The van der Waals surface area contributed by atoms with Crippen molar-refractivity contribution in [2.75, 3.05) is 13.7 Å². The number of esters is 1. The van der Waals surface area contributed by atoms with Gasteiger partial charge in [0.15, 0.2) is 17.6 Å². The molecule has 3 rings (SSSR count). The maximum Gasteiger partial charge on any atom is 0.347 e. The quantitative estimate of drug-likeness (QED) is 0.186. The van der Waals surface area contributed by atoms with Gasteiger partial charge in [-0.2, -0.15) is 9.78 Å². The minimum Gasteiger partial charge on any atom is -0.493 e. The van der Waals surface area contributed by atoms with Crippen molar-refractivity contribution in [3.8, 4) is 11.5 Å². The Morgan fingerprint density at radius 3 is 2.72 bits per heavy atom. The Hall–Kier alpha value is -3.46. The molecule has 0 saturated carbocycles. The van der Waals surface area contributed by atoms with Crippen molar-refractivity contribution < 1.29 is 19.0 Å². The average molecular weight is 556 g/mol. The number of carbonyl (C=O) groups is 1. The lowest BCUT2D eigenvalue weighted by Crippen LogP contribution is -2.26. The SMILES string of the molecule is C=CCc1cc(C=Nn2c(CCC)nc3ccc(Br)cc3c2=O)cc(OC)c1O[C@H](C)C(=O)OCC. The molecule has 0 bridgehead atoms. The van der Waals surface area contributed by atoms with Crippen LogP contribution in [0.3, 0.4) is 0 Å². The van der Waals surface area contributed by atoms with Gasteiger partial charge in [-0.3, -0.25) is 4.79 Å². The molecule has 0 spiro atoms. The van der Waals surface area contributed by atoms with Crippen molar-refractivity contribution in [1.82, 2.24) is 9.66 Å². The summed E-state index contributed by atoms with van der Waals surface area (Å²) in [4.78, 5) is 30.0. The first kappa shape index (κ1) is 27.1. The van der Waals surface area contributed by atoms with Crippen LogP contribution in [-0.4, -0.2) is 41.7 Å². The number of allylic oxidation sites excluding steroid dienone is 1. The molecular weight excluding hydrogens is 526 g/mol. The van der Waals surface area contributed by atoms with Crippen LogP contribution < -0.4 is 15.0 Å². The highest BCUT2D eigenvalue weighted by molar-refractivity contribution is 9.10. The van der Waals surface area contributed by atoms with Crippen molar-refractivity contribution in [3.63, 3.8) is 0 Å². The number of nitrogens with zero attached hydrogens (tertiary/aromatic N) is 3. The summed E-state index contributed by atoms with van der Waals surface area (Å²) in [6, 6.07) is 9.01. The van der Waals surface area contributed by atoms with E-state index in [-0.39, 0.29) is 12.2 Å². The Bertz CT molecular complexity index is 1350. The second kappa shape index (κ2) is 12.5. The molecular formula is C27H30BrN3O5. The predicted molar refractivity (Wildman–Crippen MR) is 144 cm³/mol. The van der Waals surface area contributed by atoms with Crippen molar-refractivity contribution in [2.24, 2.45) is 5.10 Å². The number of hydrogen-bond donors (Lipinski definition) is 0. The number of benzene rings is 2. The molecule has 190 valence electrons. The van der Waals surface area contributed by atoms with Crippen LogP contribution in [0.4, 0.5) is 0 Å². The highest BCUT2D eigenvalue weighted by atomic mass is 79.9. The van der Waals surface area contributed by atoms with E-state index < -0.39 is 12.1 Å². The molecule has 1 atom stereocenters. The second-order valence-corrected chi connectivity index (χ2v) is 8.93. The summed E-state index contributed by atoms with van der Waals surface area (Å²) >= 11 is 3.42. The lowest BCUT2D eigenvalue weighted by Gasteiger charge is -2.19. The molecule has 1 heterocycles. The minimum absolute atomic E-state index is 0.248. The lowest BCUT2D eigenvalue weighted by atomic mass is 10.1. The third-order valence-electron chi connectivity index (χ3n) is 5.32. The van der Waals surface area contributed by atoms with Gasteiger partial charge in [-0.05, 0) is 62.6 Å². The van der Waals surface area contributed by atoms with E-state index in [1.54, 1.807) is 38.3 Å². The highest BCUT2D eigenvalue weighted by Crippen LogP contribution is 2.34. The molecule has 1 aromatic heterocycles. The predicted octanol–water partition coefficient (Wildman–Crippen LogP) is 5.06. The van der Waals surface area contributed by atoms with Crippen LogP contribution in [0.5, 0.6) is 11.5 Å². The number of aromatic nitrogens is 2. The molecule has 0 radical (unpaired) electrons. The Balaban J connectivity index is 2.07. The molecule has 0 aliphatic heterocycles. The Kier molecular flexibility index (Phi) is 9.41. The normalized spacial score (nSPS) is 12.0. The summed E-state index contributed by atoms with van der Waals surface area (Å²) in [5.41, 5.74) is 1.82. The van der Waals surface area contributed by atoms with Gasteiger partial charge in [0, 0.05) is 16.5 Å². The topological polar surface area (TPSA) is 92.0 Å². The Labute approximate surface area is 218 Å². The van der Waals surface area contributed by atoms with Crippen LogP contribution in [0.2, 0.25) is 0 Å². The maximum absolute atomic E-state index is 13.3. The van der Waals surface area contributed by atoms with Crippen molar-refractivity contribution in [1.29, 1.82) is 0 Å². The second-order valence-electron chi connectivity index (χ2n) is 8.02. The minimum atomic E-state index is -0.819. The summed E-state index contributed by atoms with van der Waals surface area (Å²) in [7, 11) is 1.52. The number of hydrogen-bond acceptors (Lipinski definition) is 7. The molecule has 3 aromatic rings. The first-order valence-corrected chi connectivity index (χ1v) is 12.5. The number of fused-ring (bicyclic) bond motifs is 1. The maximum atomic E-state index is 13.3. The van der Waals surface area contributed by atoms with Gasteiger partial charge in [0.1, 0.15) is 5.82 Å². The summed E-state index contributed by atoms with van der Waals surface area (Å²) < 4.78 is 18.7. The van der Waals surface area contributed by atoms with E-state index in [0.717, 1.165) is 16.5 Å². The number of methoxy groups -OCH3 is 1. The summed E-state index contributed by atoms with van der Waals surface area (Å²) in [5, 5.41) is 4.97. The standard InChI is InChI=1S/C27H30BrN3O5/c1-6-9-19-13-18(14-23(34-5)25(19)36-17(4)27(33)35-8-3)16-29-31-24(10-7-2)30-22-12-11-20(28)15-21(22)26(31)32/h6,11-17H,1,7-10H2,2-5H3/t17-/m1/s1. The smallest absolute Gasteiger partial charge is 0.347 e. The van der Waals surface area contributed by atoms with E-state index in [0.29, 0.717) is 46.6 Å². The molecule has 0 amide bonds. The number of aryl methyl sites for hydroxylation is 1. The fourth-order valence-electron chi connectivity index (χ4n) is 3.66. The van der Waals surface area contributed by atoms with Crippen molar-refractivity contribution in [3.05, 3.63) is 74.8 Å². The van der Waals surface area contributed by atoms with E-state index >= 15 is 0 Å². The van der Waals surface area contributed by atoms with Gasteiger partial charge in [0.25, 0.3) is 5.56 Å². The van der Waals surface area contributed by atoms with Gasteiger partial charge in [0.2, 0.25) is 0 Å². The van der Waals surface area contributed by atoms with Crippen LogP contribution >= 0.6 is 15.9 Å². The van der Waals surface area contributed by atoms with Crippen LogP contribution in [0.1, 0.15) is 44.1 Å². The molecule has 36 heavy (non-hydrogen) atoms. The first-order chi connectivity index (χ1) is 17.3. The summed E-state index contributed by atoms with van der Waals surface area (Å²) in [6.45, 7) is 9.47. The molecule has 0 aliphatic rings. The molecule has 0 saturated heterocycles. The zero-order valence-corrected chi connectivity index (χ0v) is 22.5. The Morgan fingerprint density at radius 2 is 2.06 bits per heavy atom. The van der Waals surface area contributed by atoms with Gasteiger partial charge >= 0.3 is 5.97 Å². The number of halogens is 1. The fourth-order valence-corrected chi connectivity index (χ4v) is 4.02. The summed E-state index contributed by atoms with van der Waals surface area (Å²) in [5.74, 6) is 0.966. The molecule has 0 aliphatic carbocycles. The number of carbonyl (C=O) groups excluding carboxylic acids is 1. The third kappa shape index (κ3) is 6.20. The molecule has 2 aromatic carbocycles. The molecule has 8 nitrogen and oxygen atoms in total. The first-order valence-electron chi connectivity index (χ1n) is 11.7. The van der Waals surface area contributed by atoms with E-state index in [2.05, 4.69) is 32.6 Å². The largest absolute Gasteiger partial charge is 0.493 e. The van der Waals surface area contributed by atoms with Gasteiger partial charge < -0.3 is 14.2 Å². The lowest BCUT2D eigenvalue weighted by molar-refractivity contribution is -0.150. The van der Waals surface area contributed by atoms with Crippen molar-refractivity contribution in [2.45, 2.75) is 46.1 Å². The third-order valence-corrected chi connectivity index (χ3v) is 5.82. The van der Waals surface area contributed by atoms with Gasteiger partial charge in [-0.15, -0.1) is 6.58 Å². The average Bonchev–Trinajstić information content (AvgIpc) is 2.85. The monoisotopic (exact) mass is 555 g/mol. The van der Waals surface area contributed by atoms with E-state index in [1.165, 1.54) is 11.8 Å². The van der Waals surface area contributed by atoms with E-state index in [1.807, 2.05) is 25.1 Å². The van der Waals surface area contributed by atoms with Gasteiger partial charge in [-0.25, -0.2) is 9.78 Å². The highest BCUT2D eigenvalue weighted by Gasteiger charge is 2.21. The number of ether oxygens (including phenoxy) is 3. The van der Waals surface area contributed by atoms with Gasteiger partial charge in [0.05, 0.1) is 30.8 Å². The van der Waals surface area contributed by atoms with E-state index in [4.69, 9.17) is 14.2 Å². The van der Waals surface area contributed by atoms with Gasteiger partial charge in [-0.1, -0.05) is 28.9 Å². The summed E-state index contributed by atoms with van der Waals surface area (Å²) in [6.07, 6.45) is 4.37. The Morgan fingerprint density at radius 1 is 1.28 bits per heavy atom. The zero-order chi connectivity index (χ0) is 26.2. The van der Waals surface area contributed by atoms with Crippen LogP contribution in [0.15, 0.2) is 57.4 Å². The van der Waals surface area contributed by atoms with Crippen LogP contribution in [-0.2, 0) is 22.4 Å². The molecule has 0 fully saturated rings. The van der Waals surface area contributed by atoms with E-state index in [9.17, 15) is 9.59 Å². The number of rotatable bonds is 11. The molecule has 0 N–H and O–H groups in total. The van der Waals surface area contributed by atoms with Crippen LogP contribution in [0, 0.1) is 0 Å². The fraction of sp³-hybridized carbons (Fsp3) is 0.333. The molecule has 0 unspecified atom stereocenters. The molecule has 9 heteroatoms. The zero-order valence-electron chi connectivity index (χ0n) is 20.9. The van der Waals surface area contributed by atoms with Crippen molar-refractivity contribution >= 4 is 39.0 Å².